The number of hydrogen-bond acceptors (Lipinski definition) is 3. The highest BCUT2D eigenvalue weighted by molar-refractivity contribution is 6.18. The van der Waals surface area contributed by atoms with Crippen molar-refractivity contribution in [2.45, 2.75) is 26.3 Å². The largest absolute Gasteiger partial charge is 0.348 e. The number of benzene rings is 1. The molecular weight excluding hydrogens is 287 g/mol. The molecule has 0 aliphatic rings. The second-order valence-corrected chi connectivity index (χ2v) is 5.18. The lowest BCUT2D eigenvalue weighted by Crippen LogP contribution is -2.37. The van der Waals surface area contributed by atoms with Gasteiger partial charge < -0.3 is 5.32 Å². The molecule has 0 fully saturated rings. The highest BCUT2D eigenvalue weighted by Gasteiger charge is 2.19. The number of nitrogens with zero attached hydrogens (tertiary/aromatic N) is 1. The summed E-state index contributed by atoms with van der Waals surface area (Å²) in [6, 6.07) is 2.66. The molecule has 20 heavy (non-hydrogen) atoms. The molecule has 0 aromatic heterocycles. The number of amides is 1. The third-order valence-electron chi connectivity index (χ3n) is 2.69. The summed E-state index contributed by atoms with van der Waals surface area (Å²) in [7, 11) is 0. The van der Waals surface area contributed by atoms with Gasteiger partial charge >= 0.3 is 0 Å². The van der Waals surface area contributed by atoms with Crippen LogP contribution in [0, 0.1) is 21.8 Å². The van der Waals surface area contributed by atoms with Crippen LogP contribution in [0.2, 0.25) is 0 Å². The Labute approximate surface area is 121 Å². The molecule has 1 unspecified atom stereocenters. The summed E-state index contributed by atoms with van der Waals surface area (Å²) in [4.78, 5) is 21.7. The van der Waals surface area contributed by atoms with Crippen molar-refractivity contribution in [3.05, 3.63) is 39.7 Å². The molecule has 0 aliphatic carbocycles. The van der Waals surface area contributed by atoms with E-state index in [1.165, 1.54) is 0 Å². The summed E-state index contributed by atoms with van der Waals surface area (Å²) < 4.78 is 13.7. The topological polar surface area (TPSA) is 72.2 Å². The van der Waals surface area contributed by atoms with Gasteiger partial charge in [-0.05, 0) is 18.4 Å². The van der Waals surface area contributed by atoms with E-state index >= 15 is 0 Å². The maximum Gasteiger partial charge on any atom is 0.272 e. The summed E-state index contributed by atoms with van der Waals surface area (Å²) in [5.41, 5.74) is -0.621. The minimum Gasteiger partial charge on any atom is -0.348 e. The van der Waals surface area contributed by atoms with Gasteiger partial charge in [0.2, 0.25) is 0 Å². The molecule has 1 amide bonds. The lowest BCUT2D eigenvalue weighted by Gasteiger charge is -2.18. The number of nitrogens with one attached hydrogen (secondary N) is 1. The van der Waals surface area contributed by atoms with E-state index in [-0.39, 0.29) is 17.5 Å². The van der Waals surface area contributed by atoms with Crippen molar-refractivity contribution in [1.82, 2.24) is 5.32 Å². The molecule has 1 aromatic rings. The van der Waals surface area contributed by atoms with E-state index in [2.05, 4.69) is 5.32 Å². The average Bonchev–Trinajstić information content (AvgIpc) is 2.36. The maximum absolute atomic E-state index is 13.7. The average molecular weight is 303 g/mol. The zero-order chi connectivity index (χ0) is 15.3. The van der Waals surface area contributed by atoms with Crippen molar-refractivity contribution in [2.75, 3.05) is 5.88 Å². The van der Waals surface area contributed by atoms with Crippen LogP contribution < -0.4 is 5.32 Å². The molecule has 0 radical (unpaired) electrons. The van der Waals surface area contributed by atoms with Crippen LogP contribution in [0.1, 0.15) is 30.6 Å². The summed E-state index contributed by atoms with van der Waals surface area (Å²) in [6.45, 7) is 3.97. The molecule has 7 heteroatoms. The van der Waals surface area contributed by atoms with Gasteiger partial charge in [0.25, 0.3) is 11.6 Å². The van der Waals surface area contributed by atoms with Gasteiger partial charge in [-0.15, -0.1) is 11.6 Å². The number of nitro groups is 1. The van der Waals surface area contributed by atoms with Gasteiger partial charge in [0.15, 0.2) is 0 Å². The first kappa shape index (κ1) is 16.4. The molecule has 1 N–H and O–H groups in total. The normalized spacial score (nSPS) is 12.2. The lowest BCUT2D eigenvalue weighted by molar-refractivity contribution is -0.385. The highest BCUT2D eigenvalue weighted by atomic mass is 35.5. The molecule has 1 atom stereocenters. The number of hydrogen-bond donors (Lipinski definition) is 1. The molecular formula is C13H16ClFN2O3. The van der Waals surface area contributed by atoms with Crippen LogP contribution in [0.15, 0.2) is 18.2 Å². The molecule has 0 saturated heterocycles. The van der Waals surface area contributed by atoms with Crippen molar-refractivity contribution < 1.29 is 14.1 Å². The summed E-state index contributed by atoms with van der Waals surface area (Å²) in [5.74, 6) is -0.988. The zero-order valence-electron chi connectivity index (χ0n) is 11.2. The number of alkyl halides is 1. The van der Waals surface area contributed by atoms with Gasteiger partial charge in [0.05, 0.1) is 16.6 Å². The van der Waals surface area contributed by atoms with E-state index < -0.39 is 22.3 Å². The third kappa shape index (κ3) is 4.45. The maximum atomic E-state index is 13.7. The molecule has 0 bridgehead atoms. The number of nitro benzene ring substituents is 1. The van der Waals surface area contributed by atoms with Gasteiger partial charge in [0.1, 0.15) is 5.82 Å². The van der Waals surface area contributed by atoms with Gasteiger partial charge in [-0.25, -0.2) is 4.39 Å². The Bertz CT molecular complexity index is 508. The van der Waals surface area contributed by atoms with Crippen LogP contribution >= 0.6 is 11.6 Å². The van der Waals surface area contributed by atoms with E-state index in [0.717, 1.165) is 18.2 Å². The summed E-state index contributed by atoms with van der Waals surface area (Å²) in [6.07, 6.45) is 0.670. The number of halogens is 2. The summed E-state index contributed by atoms with van der Waals surface area (Å²) >= 11 is 5.75. The molecule has 0 aliphatic heterocycles. The van der Waals surface area contributed by atoms with Crippen LogP contribution in [0.3, 0.4) is 0 Å². The molecule has 1 rings (SSSR count). The zero-order valence-corrected chi connectivity index (χ0v) is 12.0. The second-order valence-electron chi connectivity index (χ2n) is 4.88. The smallest absolute Gasteiger partial charge is 0.272 e. The SMILES string of the molecule is CC(C)CC(CCl)NC(=O)c1ccc([N+](=O)[O-])cc1F. The molecule has 1 aromatic carbocycles. The van der Waals surface area contributed by atoms with E-state index in [1.807, 2.05) is 13.8 Å². The van der Waals surface area contributed by atoms with E-state index in [9.17, 15) is 19.3 Å². The first-order valence-corrected chi connectivity index (χ1v) is 6.69. The molecule has 5 nitrogen and oxygen atoms in total. The first-order chi connectivity index (χ1) is 9.35. The molecule has 0 spiro atoms. The van der Waals surface area contributed by atoms with Gasteiger partial charge in [-0.2, -0.15) is 0 Å². The van der Waals surface area contributed by atoms with Crippen LogP contribution in [-0.2, 0) is 0 Å². The number of non-ortho nitro benzene ring substituents is 1. The molecule has 110 valence electrons. The van der Waals surface area contributed by atoms with E-state index in [4.69, 9.17) is 11.6 Å². The van der Waals surface area contributed by atoms with Crippen molar-refractivity contribution in [3.63, 3.8) is 0 Å². The minimum absolute atomic E-state index is 0.221. The van der Waals surface area contributed by atoms with Gasteiger partial charge in [-0.3, -0.25) is 14.9 Å². The Balaban J connectivity index is 2.84. The second kappa shape index (κ2) is 7.19. The van der Waals surface area contributed by atoms with Crippen molar-refractivity contribution in [1.29, 1.82) is 0 Å². The monoisotopic (exact) mass is 302 g/mol. The number of carbonyl (C=O) groups excluding carboxylic acids is 1. The fraction of sp³-hybridized carbons (Fsp3) is 0.462. The van der Waals surface area contributed by atoms with Crippen LogP contribution in [0.5, 0.6) is 0 Å². The van der Waals surface area contributed by atoms with Crippen LogP contribution in [0.4, 0.5) is 10.1 Å². The molecule has 0 saturated carbocycles. The number of carbonyl (C=O) groups is 1. The van der Waals surface area contributed by atoms with Crippen LogP contribution in [-0.4, -0.2) is 22.8 Å². The van der Waals surface area contributed by atoms with Crippen LogP contribution in [0.25, 0.3) is 0 Å². The molecule has 0 heterocycles. The highest BCUT2D eigenvalue weighted by Crippen LogP contribution is 2.17. The Morgan fingerprint density at radius 3 is 2.60 bits per heavy atom. The Hall–Kier alpha value is -1.69. The fourth-order valence-electron chi connectivity index (χ4n) is 1.79. The lowest BCUT2D eigenvalue weighted by atomic mass is 10.0. The first-order valence-electron chi connectivity index (χ1n) is 6.16. The quantitative estimate of drug-likeness (QED) is 0.498. The standard InChI is InChI=1S/C13H16ClFN2O3/c1-8(2)5-9(7-14)16-13(18)11-4-3-10(17(19)20)6-12(11)15/h3-4,6,8-9H,5,7H2,1-2H3,(H,16,18). The van der Waals surface area contributed by atoms with Gasteiger partial charge in [-0.1, -0.05) is 13.8 Å². The predicted molar refractivity (Wildman–Crippen MR) is 74.5 cm³/mol. The van der Waals surface area contributed by atoms with Crippen molar-refractivity contribution in [3.8, 4) is 0 Å². The Morgan fingerprint density at radius 1 is 1.50 bits per heavy atom. The third-order valence-corrected chi connectivity index (χ3v) is 3.06. The Kier molecular flexibility index (Phi) is 5.88. The van der Waals surface area contributed by atoms with Crippen molar-refractivity contribution in [2.24, 2.45) is 5.92 Å². The fourth-order valence-corrected chi connectivity index (χ4v) is 2.00. The van der Waals surface area contributed by atoms with Crippen molar-refractivity contribution >= 4 is 23.2 Å². The van der Waals surface area contributed by atoms with Gasteiger partial charge in [0, 0.05) is 18.0 Å². The number of rotatable bonds is 6. The summed E-state index contributed by atoms with van der Waals surface area (Å²) in [5, 5.41) is 13.1. The minimum atomic E-state index is -0.922. The Morgan fingerprint density at radius 2 is 2.15 bits per heavy atom. The predicted octanol–water partition coefficient (Wildman–Crippen LogP) is 3.12. The van der Waals surface area contributed by atoms with E-state index in [0.29, 0.717) is 12.3 Å². The van der Waals surface area contributed by atoms with E-state index in [1.54, 1.807) is 0 Å².